The molecule has 0 saturated carbocycles. The minimum Gasteiger partial charge on any atom is -0.491 e. The molecule has 118 valence electrons. The SMILES string of the molecule is FC(F)(F)c1ccc(OCCNCc2ccccc2)c(Cl)c1. The Morgan fingerprint density at radius 3 is 2.41 bits per heavy atom. The molecular formula is C16H15ClF3NO. The number of halogens is 4. The second kappa shape index (κ2) is 7.51. The molecule has 0 saturated heterocycles. The van der Waals surface area contributed by atoms with Crippen LogP contribution in [0.3, 0.4) is 0 Å². The van der Waals surface area contributed by atoms with E-state index in [0.29, 0.717) is 19.7 Å². The predicted molar refractivity (Wildman–Crippen MR) is 80.1 cm³/mol. The van der Waals surface area contributed by atoms with Crippen molar-refractivity contribution in [2.45, 2.75) is 12.7 Å². The number of benzene rings is 2. The maximum absolute atomic E-state index is 12.5. The first-order valence-corrected chi connectivity index (χ1v) is 7.09. The van der Waals surface area contributed by atoms with Crippen molar-refractivity contribution in [3.05, 3.63) is 64.7 Å². The van der Waals surface area contributed by atoms with Gasteiger partial charge in [0, 0.05) is 13.1 Å². The number of ether oxygens (including phenoxy) is 1. The molecule has 0 bridgehead atoms. The van der Waals surface area contributed by atoms with Gasteiger partial charge in [-0.2, -0.15) is 13.2 Å². The lowest BCUT2D eigenvalue weighted by molar-refractivity contribution is -0.137. The van der Waals surface area contributed by atoms with Crippen LogP contribution in [0.15, 0.2) is 48.5 Å². The molecule has 0 atom stereocenters. The van der Waals surface area contributed by atoms with Crippen LogP contribution in [0.2, 0.25) is 5.02 Å². The van der Waals surface area contributed by atoms with Crippen molar-refractivity contribution in [2.24, 2.45) is 0 Å². The first-order valence-electron chi connectivity index (χ1n) is 6.71. The van der Waals surface area contributed by atoms with E-state index < -0.39 is 11.7 Å². The zero-order valence-corrected chi connectivity index (χ0v) is 12.4. The molecular weight excluding hydrogens is 315 g/mol. The number of rotatable bonds is 6. The normalized spacial score (nSPS) is 11.5. The van der Waals surface area contributed by atoms with Gasteiger partial charge in [0.05, 0.1) is 10.6 Å². The monoisotopic (exact) mass is 329 g/mol. The van der Waals surface area contributed by atoms with Crippen molar-refractivity contribution in [1.29, 1.82) is 0 Å². The zero-order valence-electron chi connectivity index (χ0n) is 11.7. The molecule has 0 aliphatic heterocycles. The molecule has 0 unspecified atom stereocenters. The number of nitrogens with one attached hydrogen (secondary N) is 1. The van der Waals surface area contributed by atoms with Gasteiger partial charge in [-0.15, -0.1) is 0 Å². The van der Waals surface area contributed by atoms with Crippen LogP contribution in [0.25, 0.3) is 0 Å². The zero-order chi connectivity index (χ0) is 16.0. The number of hydrogen-bond acceptors (Lipinski definition) is 2. The van der Waals surface area contributed by atoms with E-state index in [1.165, 1.54) is 6.07 Å². The molecule has 22 heavy (non-hydrogen) atoms. The molecule has 2 aromatic rings. The molecule has 1 N–H and O–H groups in total. The molecule has 2 rings (SSSR count). The summed E-state index contributed by atoms with van der Waals surface area (Å²) in [5, 5.41) is 3.14. The van der Waals surface area contributed by atoms with Crippen LogP contribution in [0.4, 0.5) is 13.2 Å². The van der Waals surface area contributed by atoms with Gasteiger partial charge in [0.15, 0.2) is 0 Å². The average molecular weight is 330 g/mol. The summed E-state index contributed by atoms with van der Waals surface area (Å²) in [4.78, 5) is 0. The molecule has 0 spiro atoms. The summed E-state index contributed by atoms with van der Waals surface area (Å²) in [5.74, 6) is 0.246. The summed E-state index contributed by atoms with van der Waals surface area (Å²) in [5.41, 5.74) is 0.363. The van der Waals surface area contributed by atoms with Gasteiger partial charge in [-0.1, -0.05) is 41.9 Å². The van der Waals surface area contributed by atoms with Crippen LogP contribution >= 0.6 is 11.6 Å². The molecule has 0 radical (unpaired) electrons. The molecule has 0 aliphatic carbocycles. The first kappa shape index (κ1) is 16.6. The Hall–Kier alpha value is -1.72. The van der Waals surface area contributed by atoms with E-state index in [1.54, 1.807) is 0 Å². The van der Waals surface area contributed by atoms with E-state index >= 15 is 0 Å². The largest absolute Gasteiger partial charge is 0.491 e. The summed E-state index contributed by atoms with van der Waals surface area (Å²) in [6.07, 6.45) is -4.40. The molecule has 0 aliphatic rings. The second-order valence-electron chi connectivity index (χ2n) is 4.65. The third-order valence-corrected chi connectivity index (χ3v) is 3.26. The van der Waals surface area contributed by atoms with Crippen molar-refractivity contribution < 1.29 is 17.9 Å². The molecule has 2 aromatic carbocycles. The van der Waals surface area contributed by atoms with E-state index in [4.69, 9.17) is 16.3 Å². The first-order chi connectivity index (χ1) is 10.5. The molecule has 0 aromatic heterocycles. The fraction of sp³-hybridized carbons (Fsp3) is 0.250. The lowest BCUT2D eigenvalue weighted by Gasteiger charge is -2.11. The Kier molecular flexibility index (Phi) is 5.69. The van der Waals surface area contributed by atoms with Gasteiger partial charge < -0.3 is 10.1 Å². The lowest BCUT2D eigenvalue weighted by Crippen LogP contribution is -2.20. The van der Waals surface area contributed by atoms with Crippen LogP contribution in [-0.4, -0.2) is 13.2 Å². The maximum Gasteiger partial charge on any atom is 0.416 e. The minimum atomic E-state index is -4.40. The summed E-state index contributed by atoms with van der Waals surface area (Å²) >= 11 is 5.80. The van der Waals surface area contributed by atoms with Crippen LogP contribution in [0.1, 0.15) is 11.1 Å². The molecule has 2 nitrogen and oxygen atoms in total. The van der Waals surface area contributed by atoms with Gasteiger partial charge >= 0.3 is 6.18 Å². The van der Waals surface area contributed by atoms with Crippen LogP contribution in [0.5, 0.6) is 5.75 Å². The van der Waals surface area contributed by atoms with Gasteiger partial charge in [-0.05, 0) is 23.8 Å². The van der Waals surface area contributed by atoms with Gasteiger partial charge in [0.25, 0.3) is 0 Å². The van der Waals surface area contributed by atoms with Gasteiger partial charge in [-0.3, -0.25) is 0 Å². The van der Waals surface area contributed by atoms with Crippen molar-refractivity contribution in [1.82, 2.24) is 5.32 Å². The fourth-order valence-corrected chi connectivity index (χ4v) is 2.09. The second-order valence-corrected chi connectivity index (χ2v) is 5.06. The highest BCUT2D eigenvalue weighted by Crippen LogP contribution is 2.34. The minimum absolute atomic E-state index is 0.0436. The van der Waals surface area contributed by atoms with E-state index in [-0.39, 0.29) is 10.8 Å². The quantitative estimate of drug-likeness (QED) is 0.786. The van der Waals surface area contributed by atoms with Crippen molar-refractivity contribution in [2.75, 3.05) is 13.2 Å². The van der Waals surface area contributed by atoms with E-state index in [1.807, 2.05) is 30.3 Å². The fourth-order valence-electron chi connectivity index (χ4n) is 1.86. The Balaban J connectivity index is 1.77. The number of hydrogen-bond donors (Lipinski definition) is 1. The summed E-state index contributed by atoms with van der Waals surface area (Å²) in [6, 6.07) is 12.9. The Labute approximate surface area is 131 Å². The van der Waals surface area contributed by atoms with Crippen LogP contribution < -0.4 is 10.1 Å². The summed E-state index contributed by atoms with van der Waals surface area (Å²) in [7, 11) is 0. The van der Waals surface area contributed by atoms with E-state index in [0.717, 1.165) is 17.7 Å². The molecule has 0 amide bonds. The van der Waals surface area contributed by atoms with Gasteiger partial charge in [-0.25, -0.2) is 0 Å². The van der Waals surface area contributed by atoms with Crippen molar-refractivity contribution >= 4 is 11.6 Å². The highest BCUT2D eigenvalue weighted by atomic mass is 35.5. The van der Waals surface area contributed by atoms with Crippen molar-refractivity contribution in [3.8, 4) is 5.75 Å². The molecule has 0 fully saturated rings. The Morgan fingerprint density at radius 1 is 1.05 bits per heavy atom. The Morgan fingerprint density at radius 2 is 1.77 bits per heavy atom. The smallest absolute Gasteiger partial charge is 0.416 e. The third-order valence-electron chi connectivity index (χ3n) is 2.97. The highest BCUT2D eigenvalue weighted by molar-refractivity contribution is 6.32. The summed E-state index contributed by atoms with van der Waals surface area (Å²) in [6.45, 7) is 1.58. The molecule has 0 heterocycles. The van der Waals surface area contributed by atoms with E-state index in [9.17, 15) is 13.2 Å². The third kappa shape index (κ3) is 4.93. The van der Waals surface area contributed by atoms with E-state index in [2.05, 4.69) is 5.32 Å². The van der Waals surface area contributed by atoms with Crippen LogP contribution in [0, 0.1) is 0 Å². The lowest BCUT2D eigenvalue weighted by atomic mass is 10.2. The standard InChI is InChI=1S/C16H15ClF3NO/c17-14-10-13(16(18,19)20)6-7-15(14)22-9-8-21-11-12-4-2-1-3-5-12/h1-7,10,21H,8-9,11H2. The maximum atomic E-state index is 12.5. The van der Waals surface area contributed by atoms with Crippen LogP contribution in [-0.2, 0) is 12.7 Å². The summed E-state index contributed by atoms with van der Waals surface area (Å²) < 4.78 is 42.9. The average Bonchev–Trinajstić information content (AvgIpc) is 2.48. The topological polar surface area (TPSA) is 21.3 Å². The highest BCUT2D eigenvalue weighted by Gasteiger charge is 2.30. The van der Waals surface area contributed by atoms with Crippen molar-refractivity contribution in [3.63, 3.8) is 0 Å². The Bertz CT molecular complexity index is 602. The molecule has 6 heteroatoms. The predicted octanol–water partition coefficient (Wildman–Crippen LogP) is 4.53. The van der Waals surface area contributed by atoms with Gasteiger partial charge in [0.1, 0.15) is 12.4 Å². The van der Waals surface area contributed by atoms with Gasteiger partial charge in [0.2, 0.25) is 0 Å². The number of alkyl halides is 3.